The van der Waals surface area contributed by atoms with Crippen molar-refractivity contribution in [2.75, 3.05) is 29.6 Å². The molecule has 1 aromatic heterocycles. The van der Waals surface area contributed by atoms with Gasteiger partial charge in [-0.3, -0.25) is 4.79 Å². The Bertz CT molecular complexity index is 917. The van der Waals surface area contributed by atoms with E-state index < -0.39 is 0 Å². The highest BCUT2D eigenvalue weighted by Crippen LogP contribution is 2.25. The zero-order valence-electron chi connectivity index (χ0n) is 16.5. The predicted molar refractivity (Wildman–Crippen MR) is 117 cm³/mol. The van der Waals surface area contributed by atoms with Gasteiger partial charge >= 0.3 is 0 Å². The van der Waals surface area contributed by atoms with Gasteiger partial charge in [0.2, 0.25) is 5.91 Å². The van der Waals surface area contributed by atoms with Gasteiger partial charge in [-0.05, 0) is 36.6 Å². The maximum Gasteiger partial charge on any atom is 0.250 e. The van der Waals surface area contributed by atoms with Crippen molar-refractivity contribution in [1.29, 1.82) is 0 Å². The van der Waals surface area contributed by atoms with Gasteiger partial charge in [-0.1, -0.05) is 60.7 Å². The van der Waals surface area contributed by atoms with Crippen LogP contribution in [0.3, 0.4) is 0 Å². The minimum atomic E-state index is -0.257. The highest BCUT2D eigenvalue weighted by Gasteiger charge is 2.14. The molecule has 6 nitrogen and oxygen atoms in total. The number of nitrogens with one attached hydrogen (secondary N) is 2. The molecule has 0 saturated heterocycles. The maximum absolute atomic E-state index is 11.8. The van der Waals surface area contributed by atoms with Crippen molar-refractivity contribution in [3.8, 4) is 0 Å². The lowest BCUT2D eigenvalue weighted by Crippen LogP contribution is -2.20. The van der Waals surface area contributed by atoms with E-state index in [0.717, 1.165) is 12.0 Å². The van der Waals surface area contributed by atoms with Crippen LogP contribution in [0.1, 0.15) is 24.1 Å². The summed E-state index contributed by atoms with van der Waals surface area (Å²) in [7, 11) is 0. The van der Waals surface area contributed by atoms with Crippen molar-refractivity contribution < 1.29 is 9.53 Å². The topological polar surface area (TPSA) is 89.3 Å². The molecule has 0 aliphatic carbocycles. The predicted octanol–water partition coefficient (Wildman–Crippen LogP) is 4.03. The Hall–Kier alpha value is -3.38. The van der Waals surface area contributed by atoms with Gasteiger partial charge in [0.05, 0.1) is 11.7 Å². The molecule has 6 heteroatoms. The summed E-state index contributed by atoms with van der Waals surface area (Å²) in [5.41, 5.74) is 8.91. The van der Waals surface area contributed by atoms with Gasteiger partial charge in [0.1, 0.15) is 18.2 Å². The normalized spacial score (nSPS) is 11.6. The van der Waals surface area contributed by atoms with E-state index in [0.29, 0.717) is 18.1 Å². The quantitative estimate of drug-likeness (QED) is 0.513. The largest absolute Gasteiger partial charge is 0.382 e. The first kappa shape index (κ1) is 20.4. The summed E-state index contributed by atoms with van der Waals surface area (Å²) in [5.74, 6) is 0.647. The number of carbonyl (C=O) groups excluding carboxylic acids is 1. The molecule has 2 aromatic carbocycles. The summed E-state index contributed by atoms with van der Waals surface area (Å²) in [6, 6.07) is 24.1. The molecule has 1 unspecified atom stereocenters. The molecule has 0 saturated carbocycles. The van der Waals surface area contributed by atoms with Crippen molar-refractivity contribution in [2.45, 2.75) is 19.4 Å². The molecule has 0 aliphatic rings. The molecule has 0 fully saturated rings. The Balaban J connectivity index is 1.75. The molecule has 3 aromatic rings. The number of rotatable bonds is 9. The average molecular weight is 390 g/mol. The number of nitrogens with zero attached hydrogens (tertiary/aromatic N) is 1. The van der Waals surface area contributed by atoms with E-state index >= 15 is 0 Å². The highest BCUT2D eigenvalue weighted by atomic mass is 16.5. The van der Waals surface area contributed by atoms with Crippen molar-refractivity contribution in [1.82, 2.24) is 4.98 Å². The van der Waals surface area contributed by atoms with E-state index in [1.807, 2.05) is 49.4 Å². The summed E-state index contributed by atoms with van der Waals surface area (Å²) in [6.07, 6.45) is 0.805. The van der Waals surface area contributed by atoms with Crippen molar-refractivity contribution in [3.63, 3.8) is 0 Å². The maximum atomic E-state index is 11.8. The Morgan fingerprint density at radius 3 is 2.38 bits per heavy atom. The Kier molecular flexibility index (Phi) is 7.19. The van der Waals surface area contributed by atoms with Gasteiger partial charge in [0.15, 0.2) is 0 Å². The summed E-state index contributed by atoms with van der Waals surface area (Å²) < 4.78 is 5.10. The van der Waals surface area contributed by atoms with Crippen LogP contribution in [0.25, 0.3) is 0 Å². The van der Waals surface area contributed by atoms with Gasteiger partial charge < -0.3 is 21.1 Å². The smallest absolute Gasteiger partial charge is 0.250 e. The molecule has 1 heterocycles. The number of benzene rings is 2. The van der Waals surface area contributed by atoms with Gasteiger partial charge in [-0.15, -0.1) is 0 Å². The van der Waals surface area contributed by atoms with E-state index in [9.17, 15) is 4.79 Å². The number of pyridine rings is 1. The van der Waals surface area contributed by atoms with E-state index in [2.05, 4.69) is 39.9 Å². The fourth-order valence-electron chi connectivity index (χ4n) is 3.01. The number of nitrogen functional groups attached to an aromatic ring is 1. The first-order chi connectivity index (χ1) is 14.2. The average Bonchev–Trinajstić information content (AvgIpc) is 2.75. The third kappa shape index (κ3) is 6.05. The zero-order valence-corrected chi connectivity index (χ0v) is 16.5. The van der Waals surface area contributed by atoms with Crippen LogP contribution in [0.15, 0.2) is 72.8 Å². The molecule has 29 heavy (non-hydrogen) atoms. The zero-order chi connectivity index (χ0) is 20.5. The molecular formula is C23H26N4O2. The van der Waals surface area contributed by atoms with Gasteiger partial charge in [-0.25, -0.2) is 4.98 Å². The monoisotopic (exact) mass is 390 g/mol. The second-order valence-electron chi connectivity index (χ2n) is 6.61. The van der Waals surface area contributed by atoms with Crippen LogP contribution < -0.4 is 16.4 Å². The SMILES string of the molecule is CCOCC(=O)Nc1ccc(NC(Cc2ccccc2)c2ccccc2)nc1N. The molecule has 0 spiro atoms. The molecular weight excluding hydrogens is 364 g/mol. The second-order valence-corrected chi connectivity index (χ2v) is 6.61. The van der Waals surface area contributed by atoms with Gasteiger partial charge in [-0.2, -0.15) is 0 Å². The number of carbonyl (C=O) groups is 1. The van der Waals surface area contributed by atoms with E-state index in [1.54, 1.807) is 6.07 Å². The Labute approximate surface area is 171 Å². The van der Waals surface area contributed by atoms with E-state index in [4.69, 9.17) is 10.5 Å². The first-order valence-corrected chi connectivity index (χ1v) is 9.65. The molecule has 0 aliphatic heterocycles. The number of ether oxygens (including phenoxy) is 1. The molecule has 150 valence electrons. The summed E-state index contributed by atoms with van der Waals surface area (Å²) in [4.78, 5) is 16.3. The Morgan fingerprint density at radius 2 is 1.72 bits per heavy atom. The summed E-state index contributed by atoms with van der Waals surface area (Å²) >= 11 is 0. The van der Waals surface area contributed by atoms with Gasteiger partial charge in [0.25, 0.3) is 0 Å². The number of anilines is 3. The van der Waals surface area contributed by atoms with Crippen LogP contribution in [0, 0.1) is 0 Å². The Morgan fingerprint density at radius 1 is 1.03 bits per heavy atom. The van der Waals surface area contributed by atoms with Crippen molar-refractivity contribution in [3.05, 3.63) is 83.9 Å². The molecule has 4 N–H and O–H groups in total. The van der Waals surface area contributed by atoms with Crippen LogP contribution in [-0.4, -0.2) is 24.1 Å². The van der Waals surface area contributed by atoms with Gasteiger partial charge in [0, 0.05) is 6.61 Å². The second kappa shape index (κ2) is 10.2. The number of nitrogens with two attached hydrogens (primary N) is 1. The number of amides is 1. The summed E-state index contributed by atoms with van der Waals surface area (Å²) in [5, 5.41) is 6.19. The van der Waals surface area contributed by atoms with Crippen molar-refractivity contribution >= 4 is 23.2 Å². The van der Waals surface area contributed by atoms with Crippen LogP contribution in [-0.2, 0) is 16.0 Å². The summed E-state index contributed by atoms with van der Waals surface area (Å²) in [6.45, 7) is 2.30. The lowest BCUT2D eigenvalue weighted by atomic mass is 9.99. The number of aromatic nitrogens is 1. The lowest BCUT2D eigenvalue weighted by molar-refractivity contribution is -0.120. The molecule has 0 radical (unpaired) electrons. The number of hydrogen-bond donors (Lipinski definition) is 3. The molecule has 1 atom stereocenters. The fourth-order valence-corrected chi connectivity index (χ4v) is 3.01. The third-order valence-corrected chi connectivity index (χ3v) is 4.44. The van der Waals surface area contributed by atoms with E-state index in [-0.39, 0.29) is 24.4 Å². The fraction of sp³-hybridized carbons (Fsp3) is 0.217. The van der Waals surface area contributed by atoms with E-state index in [1.165, 1.54) is 5.56 Å². The molecule has 0 bridgehead atoms. The van der Waals surface area contributed by atoms with Crippen molar-refractivity contribution in [2.24, 2.45) is 0 Å². The standard InChI is InChI=1S/C23H26N4O2/c1-2-29-16-22(28)26-19-13-14-21(27-23(19)24)25-20(18-11-7-4-8-12-18)15-17-9-5-3-6-10-17/h3-14,20H,2,15-16H2,1H3,(H,26,28)(H3,24,25,27). The van der Waals surface area contributed by atoms with Crippen LogP contribution in [0.2, 0.25) is 0 Å². The lowest BCUT2D eigenvalue weighted by Gasteiger charge is -2.21. The van der Waals surface area contributed by atoms with Crippen LogP contribution in [0.5, 0.6) is 0 Å². The molecule has 3 rings (SSSR count). The highest BCUT2D eigenvalue weighted by molar-refractivity contribution is 5.94. The number of hydrogen-bond acceptors (Lipinski definition) is 5. The molecule has 1 amide bonds. The third-order valence-electron chi connectivity index (χ3n) is 4.44. The minimum absolute atomic E-state index is 0.0108. The first-order valence-electron chi connectivity index (χ1n) is 9.65. The van der Waals surface area contributed by atoms with Crippen LogP contribution in [0.4, 0.5) is 17.3 Å². The van der Waals surface area contributed by atoms with Crippen LogP contribution >= 0.6 is 0 Å². The minimum Gasteiger partial charge on any atom is -0.382 e.